The third-order valence-electron chi connectivity index (χ3n) is 2.76. The summed E-state index contributed by atoms with van der Waals surface area (Å²) in [6.07, 6.45) is -0.142. The molecule has 1 aromatic rings. The van der Waals surface area contributed by atoms with Gasteiger partial charge in [0.1, 0.15) is 0 Å². The quantitative estimate of drug-likeness (QED) is 0.895. The van der Waals surface area contributed by atoms with Crippen LogP contribution in [0.4, 0.5) is 0 Å². The molecule has 1 unspecified atom stereocenters. The fourth-order valence-electron chi connectivity index (χ4n) is 1.96. The Labute approximate surface area is 105 Å². The SMILES string of the molecule is O=C(O)CN1CCOC(c2ccccc2Cl)C1. The molecule has 1 heterocycles. The molecule has 0 aromatic heterocycles. The van der Waals surface area contributed by atoms with Crippen LogP contribution in [0.3, 0.4) is 0 Å². The number of nitrogens with zero attached hydrogens (tertiary/aromatic N) is 1. The summed E-state index contributed by atoms with van der Waals surface area (Å²) in [7, 11) is 0. The number of hydrogen-bond donors (Lipinski definition) is 1. The van der Waals surface area contributed by atoms with Crippen LogP contribution in [0.15, 0.2) is 24.3 Å². The van der Waals surface area contributed by atoms with E-state index < -0.39 is 5.97 Å². The first kappa shape index (κ1) is 12.4. The summed E-state index contributed by atoms with van der Waals surface area (Å²) >= 11 is 6.10. The fourth-order valence-corrected chi connectivity index (χ4v) is 2.22. The second-order valence-corrected chi connectivity index (χ2v) is 4.42. The monoisotopic (exact) mass is 255 g/mol. The van der Waals surface area contributed by atoms with E-state index in [1.807, 2.05) is 29.2 Å². The van der Waals surface area contributed by atoms with E-state index in [4.69, 9.17) is 21.4 Å². The van der Waals surface area contributed by atoms with E-state index in [-0.39, 0.29) is 12.6 Å². The molecule has 1 aliphatic rings. The summed E-state index contributed by atoms with van der Waals surface area (Å²) in [6.45, 7) is 1.79. The largest absolute Gasteiger partial charge is 0.480 e. The third kappa shape index (κ3) is 3.19. The zero-order valence-corrected chi connectivity index (χ0v) is 10.1. The maximum Gasteiger partial charge on any atom is 0.317 e. The van der Waals surface area contributed by atoms with Gasteiger partial charge in [0.25, 0.3) is 0 Å². The van der Waals surface area contributed by atoms with Crippen molar-refractivity contribution in [3.8, 4) is 0 Å². The van der Waals surface area contributed by atoms with Crippen molar-refractivity contribution in [1.82, 2.24) is 4.90 Å². The number of hydrogen-bond acceptors (Lipinski definition) is 3. The number of rotatable bonds is 3. The number of ether oxygens (including phenoxy) is 1. The van der Waals surface area contributed by atoms with Crippen LogP contribution in [0.5, 0.6) is 0 Å². The molecule has 0 saturated carbocycles. The maximum atomic E-state index is 10.7. The van der Waals surface area contributed by atoms with Crippen LogP contribution >= 0.6 is 11.6 Å². The zero-order chi connectivity index (χ0) is 12.3. The van der Waals surface area contributed by atoms with Crippen LogP contribution in [0.2, 0.25) is 5.02 Å². The second-order valence-electron chi connectivity index (χ2n) is 4.01. The first-order valence-electron chi connectivity index (χ1n) is 5.47. The number of carbonyl (C=O) groups is 1. The van der Waals surface area contributed by atoms with Crippen molar-refractivity contribution in [2.75, 3.05) is 26.2 Å². The van der Waals surface area contributed by atoms with Gasteiger partial charge < -0.3 is 9.84 Å². The van der Waals surface area contributed by atoms with Gasteiger partial charge >= 0.3 is 5.97 Å². The molecule has 1 aromatic carbocycles. The van der Waals surface area contributed by atoms with Crippen LogP contribution in [0, 0.1) is 0 Å². The number of aliphatic carboxylic acids is 1. The van der Waals surface area contributed by atoms with Crippen molar-refractivity contribution in [2.24, 2.45) is 0 Å². The highest BCUT2D eigenvalue weighted by molar-refractivity contribution is 6.31. The lowest BCUT2D eigenvalue weighted by Crippen LogP contribution is -2.41. The van der Waals surface area contributed by atoms with E-state index in [0.717, 1.165) is 5.56 Å². The predicted octanol–water partition coefficient (Wildman–Crippen LogP) is 1.80. The predicted molar refractivity (Wildman–Crippen MR) is 64.2 cm³/mol. The molecular formula is C12H14ClNO3. The minimum atomic E-state index is -0.815. The van der Waals surface area contributed by atoms with Crippen LogP contribution < -0.4 is 0 Å². The van der Waals surface area contributed by atoms with Gasteiger partial charge in [-0.25, -0.2) is 0 Å². The van der Waals surface area contributed by atoms with Gasteiger partial charge in [0.05, 0.1) is 19.3 Å². The summed E-state index contributed by atoms with van der Waals surface area (Å²) in [6, 6.07) is 7.50. The summed E-state index contributed by atoms with van der Waals surface area (Å²) in [5.41, 5.74) is 0.921. The highest BCUT2D eigenvalue weighted by atomic mass is 35.5. The van der Waals surface area contributed by atoms with E-state index in [1.165, 1.54) is 0 Å². The van der Waals surface area contributed by atoms with Crippen LogP contribution in [-0.2, 0) is 9.53 Å². The van der Waals surface area contributed by atoms with E-state index >= 15 is 0 Å². The van der Waals surface area contributed by atoms with Crippen molar-refractivity contribution in [3.05, 3.63) is 34.9 Å². The van der Waals surface area contributed by atoms with Gasteiger partial charge in [0, 0.05) is 23.7 Å². The molecular weight excluding hydrogens is 242 g/mol. The third-order valence-corrected chi connectivity index (χ3v) is 3.11. The Kier molecular flexibility index (Phi) is 3.99. The van der Waals surface area contributed by atoms with Gasteiger partial charge in [0.15, 0.2) is 0 Å². The van der Waals surface area contributed by atoms with Crippen molar-refractivity contribution in [3.63, 3.8) is 0 Å². The number of halogens is 1. The highest BCUT2D eigenvalue weighted by Crippen LogP contribution is 2.28. The second kappa shape index (κ2) is 5.49. The molecule has 5 heteroatoms. The van der Waals surface area contributed by atoms with Crippen LogP contribution in [0.1, 0.15) is 11.7 Å². The molecule has 2 rings (SSSR count). The molecule has 0 aliphatic carbocycles. The Bertz CT molecular complexity index is 410. The van der Waals surface area contributed by atoms with Gasteiger partial charge in [-0.15, -0.1) is 0 Å². The number of carboxylic acid groups (broad SMARTS) is 1. The standard InChI is InChI=1S/C12H14ClNO3/c13-10-4-2-1-3-9(10)11-7-14(5-6-17-11)8-12(15)16/h1-4,11H,5-8H2,(H,15,16). The molecule has 0 spiro atoms. The summed E-state index contributed by atoms with van der Waals surface area (Å²) in [5.74, 6) is -0.815. The first-order chi connectivity index (χ1) is 8.16. The number of benzene rings is 1. The molecule has 1 N–H and O–H groups in total. The van der Waals surface area contributed by atoms with Gasteiger partial charge in [-0.1, -0.05) is 29.8 Å². The molecule has 92 valence electrons. The van der Waals surface area contributed by atoms with E-state index in [0.29, 0.717) is 24.7 Å². The highest BCUT2D eigenvalue weighted by Gasteiger charge is 2.24. The van der Waals surface area contributed by atoms with Crippen molar-refractivity contribution in [2.45, 2.75) is 6.10 Å². The van der Waals surface area contributed by atoms with Crippen molar-refractivity contribution in [1.29, 1.82) is 0 Å². The van der Waals surface area contributed by atoms with E-state index in [2.05, 4.69) is 0 Å². The minimum absolute atomic E-state index is 0.0459. The Balaban J connectivity index is 2.07. The molecule has 17 heavy (non-hydrogen) atoms. The Morgan fingerprint density at radius 2 is 2.29 bits per heavy atom. The maximum absolute atomic E-state index is 10.7. The normalized spacial score (nSPS) is 21.4. The van der Waals surface area contributed by atoms with Gasteiger partial charge in [-0.3, -0.25) is 9.69 Å². The molecule has 1 aliphatic heterocycles. The topological polar surface area (TPSA) is 49.8 Å². The summed E-state index contributed by atoms with van der Waals surface area (Å²) in [5, 5.41) is 9.43. The Morgan fingerprint density at radius 3 is 3.00 bits per heavy atom. The Morgan fingerprint density at radius 1 is 1.53 bits per heavy atom. The van der Waals surface area contributed by atoms with Crippen molar-refractivity contribution >= 4 is 17.6 Å². The lowest BCUT2D eigenvalue weighted by atomic mass is 10.1. The molecule has 1 atom stereocenters. The van der Waals surface area contributed by atoms with E-state index in [1.54, 1.807) is 0 Å². The zero-order valence-electron chi connectivity index (χ0n) is 9.30. The minimum Gasteiger partial charge on any atom is -0.480 e. The fraction of sp³-hybridized carbons (Fsp3) is 0.417. The number of carboxylic acids is 1. The van der Waals surface area contributed by atoms with Crippen LogP contribution in [0.25, 0.3) is 0 Å². The summed E-state index contributed by atoms with van der Waals surface area (Å²) in [4.78, 5) is 12.5. The molecule has 0 amide bonds. The van der Waals surface area contributed by atoms with E-state index in [9.17, 15) is 4.79 Å². The van der Waals surface area contributed by atoms with Gasteiger partial charge in [-0.2, -0.15) is 0 Å². The molecule has 0 bridgehead atoms. The van der Waals surface area contributed by atoms with Gasteiger partial charge in [-0.05, 0) is 6.07 Å². The average Bonchev–Trinajstić information content (AvgIpc) is 2.29. The smallest absolute Gasteiger partial charge is 0.317 e. The lowest BCUT2D eigenvalue weighted by molar-refractivity contribution is -0.140. The Hall–Kier alpha value is -1.10. The van der Waals surface area contributed by atoms with Gasteiger partial charge in [0.2, 0.25) is 0 Å². The molecule has 1 fully saturated rings. The first-order valence-corrected chi connectivity index (χ1v) is 5.85. The molecule has 1 saturated heterocycles. The number of morpholine rings is 1. The molecule has 4 nitrogen and oxygen atoms in total. The average molecular weight is 256 g/mol. The van der Waals surface area contributed by atoms with Crippen LogP contribution in [-0.4, -0.2) is 42.2 Å². The summed E-state index contributed by atoms with van der Waals surface area (Å²) < 4.78 is 5.64. The molecule has 0 radical (unpaired) electrons. The lowest BCUT2D eigenvalue weighted by Gasteiger charge is -2.32. The van der Waals surface area contributed by atoms with Crippen molar-refractivity contribution < 1.29 is 14.6 Å².